The average Bonchev–Trinajstić information content (AvgIpc) is 3.20. The van der Waals surface area contributed by atoms with Crippen LogP contribution in [0.3, 0.4) is 0 Å². The fourth-order valence-electron chi connectivity index (χ4n) is 4.53. The molecule has 6 heteroatoms. The molecule has 0 radical (unpaired) electrons. The van der Waals surface area contributed by atoms with Crippen molar-refractivity contribution in [2.45, 2.75) is 58.2 Å². The molecule has 2 heterocycles. The van der Waals surface area contributed by atoms with Crippen molar-refractivity contribution in [2.75, 3.05) is 7.11 Å². The van der Waals surface area contributed by atoms with Gasteiger partial charge in [-0.05, 0) is 76.8 Å². The van der Waals surface area contributed by atoms with Gasteiger partial charge in [-0.25, -0.2) is 0 Å². The van der Waals surface area contributed by atoms with Crippen LogP contribution in [0.1, 0.15) is 68.8 Å². The van der Waals surface area contributed by atoms with Gasteiger partial charge in [0, 0.05) is 16.4 Å². The summed E-state index contributed by atoms with van der Waals surface area (Å²) in [7, 11) is 1.14. The number of carbonyl (C=O) groups excluding carboxylic acids is 1. The Morgan fingerprint density at radius 1 is 0.903 bits per heavy atom. The topological polar surface area (TPSA) is 57.9 Å². The number of ketones is 1. The Morgan fingerprint density at radius 2 is 1.58 bits per heavy atom. The number of fused-ring (bicyclic) bond motifs is 4. The molecule has 5 nitrogen and oxygen atoms in total. The summed E-state index contributed by atoms with van der Waals surface area (Å²) in [6, 6.07) is 11.4. The van der Waals surface area contributed by atoms with Crippen LogP contribution in [0.25, 0.3) is 11.0 Å². The number of rotatable bonds is 2. The Balaban J connectivity index is 1.64. The van der Waals surface area contributed by atoms with Gasteiger partial charge in [-0.15, -0.1) is 0 Å². The summed E-state index contributed by atoms with van der Waals surface area (Å²) in [4.78, 5) is 13.4. The quantitative estimate of drug-likeness (QED) is 0.569. The van der Waals surface area contributed by atoms with Gasteiger partial charge in [0.25, 0.3) is 0 Å². The highest BCUT2D eigenvalue weighted by Gasteiger charge is 2.52. The van der Waals surface area contributed by atoms with Gasteiger partial charge in [0.1, 0.15) is 17.1 Å². The first-order chi connectivity index (χ1) is 14.5. The van der Waals surface area contributed by atoms with E-state index in [9.17, 15) is 4.79 Å². The van der Waals surface area contributed by atoms with Crippen molar-refractivity contribution in [3.05, 3.63) is 58.8 Å². The molecule has 1 aliphatic heterocycles. The van der Waals surface area contributed by atoms with Crippen molar-refractivity contribution in [2.24, 2.45) is 0 Å². The second kappa shape index (κ2) is 6.24. The van der Waals surface area contributed by atoms with Gasteiger partial charge in [0.15, 0.2) is 5.78 Å². The number of hydrogen-bond donors (Lipinski definition) is 0. The normalized spacial score (nSPS) is 20.6. The molecule has 1 aliphatic carbocycles. The highest BCUT2D eigenvalue weighted by Crippen LogP contribution is 2.46. The second-order valence-electron chi connectivity index (χ2n) is 10.0. The van der Waals surface area contributed by atoms with Crippen LogP contribution in [-0.2, 0) is 14.7 Å². The lowest BCUT2D eigenvalue weighted by Crippen LogP contribution is -2.41. The maximum absolute atomic E-state index is 13.4. The Labute approximate surface area is 182 Å². The first-order valence-corrected chi connectivity index (χ1v) is 10.6. The molecule has 0 unspecified atom stereocenters. The van der Waals surface area contributed by atoms with Gasteiger partial charge in [0.05, 0.1) is 23.9 Å². The number of furan rings is 1. The predicted molar refractivity (Wildman–Crippen MR) is 120 cm³/mol. The second-order valence-corrected chi connectivity index (χ2v) is 10.0. The Morgan fingerprint density at radius 3 is 2.23 bits per heavy atom. The van der Waals surface area contributed by atoms with Gasteiger partial charge in [-0.2, -0.15) is 0 Å². The summed E-state index contributed by atoms with van der Waals surface area (Å²) < 4.78 is 24.1. The lowest BCUT2D eigenvalue weighted by molar-refractivity contribution is 0.00578. The highest BCUT2D eigenvalue weighted by atomic mass is 16.7. The minimum atomic E-state index is -0.485. The largest absolute Gasteiger partial charge is 0.497 e. The lowest BCUT2D eigenvalue weighted by atomic mass is 9.71. The molecule has 0 saturated carbocycles. The molecular formula is C25H27BO5. The van der Waals surface area contributed by atoms with E-state index in [1.165, 1.54) is 0 Å². The molecule has 2 aromatic carbocycles. The van der Waals surface area contributed by atoms with E-state index in [-0.39, 0.29) is 5.78 Å². The predicted octanol–water partition coefficient (Wildman–Crippen LogP) is 4.61. The van der Waals surface area contributed by atoms with E-state index < -0.39 is 23.7 Å². The standard InChI is InChI=1S/C25H27BO5/c1-23(2)18-13-15(28-7)9-11-16(18)21(27)20-17-10-8-14(12-19(17)29-22(20)23)26-30-24(3,4)25(5,6)31-26/h8-13H,1-7H3. The van der Waals surface area contributed by atoms with Crippen molar-refractivity contribution in [3.63, 3.8) is 0 Å². The smallest absolute Gasteiger partial charge is 0.494 e. The van der Waals surface area contributed by atoms with E-state index in [1.54, 1.807) is 7.11 Å². The van der Waals surface area contributed by atoms with Crippen molar-refractivity contribution in [1.82, 2.24) is 0 Å². The monoisotopic (exact) mass is 418 g/mol. The van der Waals surface area contributed by atoms with Crippen molar-refractivity contribution in [1.29, 1.82) is 0 Å². The van der Waals surface area contributed by atoms with E-state index in [1.807, 2.05) is 64.1 Å². The fraction of sp³-hybridized carbons (Fsp3) is 0.400. The molecule has 1 saturated heterocycles. The van der Waals surface area contributed by atoms with Crippen molar-refractivity contribution in [3.8, 4) is 5.75 Å². The summed E-state index contributed by atoms with van der Waals surface area (Å²) >= 11 is 0. The summed E-state index contributed by atoms with van der Waals surface area (Å²) in [5.41, 5.74) is 2.46. The third-order valence-corrected chi connectivity index (χ3v) is 7.18. The third kappa shape index (κ3) is 2.74. The molecule has 1 aromatic heterocycles. The molecule has 31 heavy (non-hydrogen) atoms. The van der Waals surface area contributed by atoms with E-state index in [2.05, 4.69) is 13.8 Å². The van der Waals surface area contributed by atoms with Gasteiger partial charge >= 0.3 is 7.12 Å². The molecule has 0 amide bonds. The molecule has 2 aliphatic rings. The summed E-state index contributed by atoms with van der Waals surface area (Å²) in [6.45, 7) is 12.3. The van der Waals surface area contributed by atoms with Crippen LogP contribution in [0, 0.1) is 0 Å². The van der Waals surface area contributed by atoms with Gasteiger partial charge in [-0.1, -0.05) is 12.1 Å². The third-order valence-electron chi connectivity index (χ3n) is 7.18. The van der Waals surface area contributed by atoms with Crippen molar-refractivity contribution >= 4 is 29.3 Å². The zero-order valence-corrected chi connectivity index (χ0v) is 19.1. The van der Waals surface area contributed by atoms with E-state index in [0.717, 1.165) is 22.2 Å². The molecule has 0 atom stereocenters. The SMILES string of the molecule is COc1ccc2c(c1)C(C)(C)c1oc3cc(B4OC(C)(C)C(C)(C)O4)ccc3c1C2=O. The van der Waals surface area contributed by atoms with Crippen LogP contribution in [0.5, 0.6) is 5.75 Å². The maximum atomic E-state index is 13.4. The first-order valence-electron chi connectivity index (χ1n) is 10.6. The lowest BCUT2D eigenvalue weighted by Gasteiger charge is -2.32. The molecule has 1 fully saturated rings. The molecule has 5 rings (SSSR count). The Hall–Kier alpha value is -2.57. The number of hydrogen-bond acceptors (Lipinski definition) is 5. The van der Waals surface area contributed by atoms with E-state index in [0.29, 0.717) is 22.5 Å². The Bertz CT molecular complexity index is 1220. The minimum Gasteiger partial charge on any atom is -0.497 e. The van der Waals surface area contributed by atoms with E-state index >= 15 is 0 Å². The Kier molecular flexibility index (Phi) is 4.09. The summed E-state index contributed by atoms with van der Waals surface area (Å²) in [6.07, 6.45) is 0. The van der Waals surface area contributed by atoms with Gasteiger partial charge in [0.2, 0.25) is 0 Å². The van der Waals surface area contributed by atoms with Crippen LogP contribution in [0.4, 0.5) is 0 Å². The molecule has 3 aromatic rings. The van der Waals surface area contributed by atoms with Crippen LogP contribution in [0.15, 0.2) is 40.8 Å². The van der Waals surface area contributed by atoms with Crippen LogP contribution >= 0.6 is 0 Å². The summed E-state index contributed by atoms with van der Waals surface area (Å²) in [5, 5.41) is 0.815. The van der Waals surface area contributed by atoms with E-state index in [4.69, 9.17) is 18.5 Å². The number of benzene rings is 2. The molecule has 0 bridgehead atoms. The number of methoxy groups -OCH3 is 1. The number of ether oxygens (including phenoxy) is 1. The summed E-state index contributed by atoms with van der Waals surface area (Å²) in [5.74, 6) is 1.38. The molecule has 160 valence electrons. The molecular weight excluding hydrogens is 391 g/mol. The average molecular weight is 418 g/mol. The zero-order valence-electron chi connectivity index (χ0n) is 19.1. The molecule has 0 spiro atoms. The van der Waals surface area contributed by atoms with Crippen molar-refractivity contribution < 1.29 is 23.3 Å². The number of carbonyl (C=O) groups is 1. The highest BCUT2D eigenvalue weighted by molar-refractivity contribution is 6.62. The fourth-order valence-corrected chi connectivity index (χ4v) is 4.53. The van der Waals surface area contributed by atoms with Gasteiger partial charge < -0.3 is 18.5 Å². The minimum absolute atomic E-state index is 0.0193. The van der Waals surface area contributed by atoms with Crippen LogP contribution in [0.2, 0.25) is 0 Å². The van der Waals surface area contributed by atoms with Gasteiger partial charge in [-0.3, -0.25) is 4.79 Å². The van der Waals surface area contributed by atoms with Crippen LogP contribution in [-0.4, -0.2) is 31.2 Å². The van der Waals surface area contributed by atoms with Crippen LogP contribution < -0.4 is 10.2 Å². The molecule has 0 N–H and O–H groups in total. The maximum Gasteiger partial charge on any atom is 0.494 e. The first kappa shape index (κ1) is 20.3. The zero-order chi connectivity index (χ0) is 22.3.